The van der Waals surface area contributed by atoms with Gasteiger partial charge in [0.1, 0.15) is 0 Å². The number of H-pyrrole nitrogens is 1. The largest absolute Gasteiger partial charge is 0.381 e. The van der Waals surface area contributed by atoms with Crippen molar-refractivity contribution in [1.82, 2.24) is 15.3 Å². The van der Waals surface area contributed by atoms with Crippen LogP contribution in [0.4, 0.5) is 0 Å². The number of aromatic amines is 1. The molecule has 2 rings (SSSR count). The van der Waals surface area contributed by atoms with Gasteiger partial charge < -0.3 is 15.0 Å². The Hall–Kier alpha value is -1.36. The first-order chi connectivity index (χ1) is 6.86. The molecule has 2 N–H and O–H groups in total. The van der Waals surface area contributed by atoms with Gasteiger partial charge in [-0.2, -0.15) is 0 Å². The summed E-state index contributed by atoms with van der Waals surface area (Å²) in [5.41, 5.74) is 0. The highest BCUT2D eigenvalue weighted by Crippen LogP contribution is 2.06. The molecule has 2 heterocycles. The van der Waals surface area contributed by atoms with Gasteiger partial charge in [-0.15, -0.1) is 0 Å². The predicted molar refractivity (Wildman–Crippen MR) is 49.9 cm³/mol. The van der Waals surface area contributed by atoms with Crippen LogP contribution >= 0.6 is 0 Å². The van der Waals surface area contributed by atoms with E-state index in [-0.39, 0.29) is 11.9 Å². The molecule has 5 heteroatoms. The van der Waals surface area contributed by atoms with Gasteiger partial charge in [-0.3, -0.25) is 4.79 Å². The number of hydrogen-bond acceptors (Lipinski definition) is 3. The fraction of sp³-hybridized carbons (Fsp3) is 0.556. The van der Waals surface area contributed by atoms with Crippen molar-refractivity contribution in [2.75, 3.05) is 13.2 Å². The fourth-order valence-corrected chi connectivity index (χ4v) is 1.49. The van der Waals surface area contributed by atoms with Crippen LogP contribution in [0.25, 0.3) is 0 Å². The monoisotopic (exact) mass is 195 g/mol. The van der Waals surface area contributed by atoms with E-state index in [0.717, 1.165) is 26.1 Å². The van der Waals surface area contributed by atoms with Gasteiger partial charge in [0.2, 0.25) is 0 Å². The summed E-state index contributed by atoms with van der Waals surface area (Å²) >= 11 is 0. The molecular weight excluding hydrogens is 182 g/mol. The van der Waals surface area contributed by atoms with Crippen LogP contribution in [0.2, 0.25) is 0 Å². The number of rotatable bonds is 2. The van der Waals surface area contributed by atoms with Gasteiger partial charge in [-0.25, -0.2) is 4.98 Å². The second-order valence-corrected chi connectivity index (χ2v) is 3.30. The van der Waals surface area contributed by atoms with E-state index in [1.165, 1.54) is 0 Å². The Bertz CT molecular complexity index is 291. The number of nitrogens with one attached hydrogen (secondary N) is 2. The number of imidazole rings is 1. The van der Waals surface area contributed by atoms with E-state index in [0.29, 0.717) is 5.82 Å². The maximum atomic E-state index is 11.5. The molecule has 0 radical (unpaired) electrons. The van der Waals surface area contributed by atoms with Crippen LogP contribution in [0.3, 0.4) is 0 Å². The minimum atomic E-state index is -0.137. The molecule has 1 aliphatic rings. The van der Waals surface area contributed by atoms with E-state index in [1.54, 1.807) is 12.4 Å². The van der Waals surface area contributed by atoms with Crippen LogP contribution in [0.15, 0.2) is 12.4 Å². The summed E-state index contributed by atoms with van der Waals surface area (Å²) in [6.07, 6.45) is 4.97. The summed E-state index contributed by atoms with van der Waals surface area (Å²) in [5.74, 6) is 0.235. The van der Waals surface area contributed by atoms with E-state index in [1.807, 2.05) is 0 Å². The highest BCUT2D eigenvalue weighted by atomic mass is 16.5. The lowest BCUT2D eigenvalue weighted by Crippen LogP contribution is -2.39. The second-order valence-electron chi connectivity index (χ2n) is 3.30. The van der Waals surface area contributed by atoms with Gasteiger partial charge in [-0.1, -0.05) is 0 Å². The number of carbonyl (C=O) groups excluding carboxylic acids is 1. The SMILES string of the molecule is O=C(NC1CCOCC1)c1ncc[nH]1. The Kier molecular flexibility index (Phi) is 2.78. The Morgan fingerprint density at radius 2 is 2.36 bits per heavy atom. The third-order valence-corrected chi connectivity index (χ3v) is 2.27. The zero-order valence-corrected chi connectivity index (χ0v) is 7.82. The molecular formula is C9H13N3O2. The van der Waals surface area contributed by atoms with Crippen molar-refractivity contribution in [3.8, 4) is 0 Å². The van der Waals surface area contributed by atoms with E-state index in [9.17, 15) is 4.79 Å². The minimum absolute atomic E-state index is 0.137. The smallest absolute Gasteiger partial charge is 0.287 e. The van der Waals surface area contributed by atoms with E-state index < -0.39 is 0 Å². The van der Waals surface area contributed by atoms with E-state index in [4.69, 9.17) is 4.74 Å². The molecule has 1 saturated heterocycles. The molecule has 0 unspecified atom stereocenters. The van der Waals surface area contributed by atoms with Crippen molar-refractivity contribution in [3.05, 3.63) is 18.2 Å². The van der Waals surface area contributed by atoms with Crippen molar-refractivity contribution in [2.45, 2.75) is 18.9 Å². The first-order valence-electron chi connectivity index (χ1n) is 4.74. The lowest BCUT2D eigenvalue weighted by atomic mass is 10.1. The molecule has 76 valence electrons. The summed E-state index contributed by atoms with van der Waals surface area (Å²) in [6.45, 7) is 1.45. The quantitative estimate of drug-likeness (QED) is 0.714. The van der Waals surface area contributed by atoms with Gasteiger partial charge in [0.25, 0.3) is 5.91 Å². The van der Waals surface area contributed by atoms with Gasteiger partial charge in [0.05, 0.1) is 0 Å². The summed E-state index contributed by atoms with van der Waals surface area (Å²) in [7, 11) is 0. The summed E-state index contributed by atoms with van der Waals surface area (Å²) in [6, 6.07) is 0.223. The molecule has 1 aromatic rings. The maximum Gasteiger partial charge on any atom is 0.287 e. The number of hydrogen-bond donors (Lipinski definition) is 2. The zero-order chi connectivity index (χ0) is 9.80. The van der Waals surface area contributed by atoms with Crippen LogP contribution in [-0.4, -0.2) is 35.1 Å². The van der Waals surface area contributed by atoms with Gasteiger partial charge in [0, 0.05) is 31.6 Å². The molecule has 0 bridgehead atoms. The van der Waals surface area contributed by atoms with Gasteiger partial charge in [0.15, 0.2) is 5.82 Å². The molecule has 0 saturated carbocycles. The summed E-state index contributed by atoms with van der Waals surface area (Å²) < 4.78 is 5.20. The molecule has 1 amide bonds. The topological polar surface area (TPSA) is 67.0 Å². The van der Waals surface area contributed by atoms with Crippen molar-refractivity contribution < 1.29 is 9.53 Å². The molecule has 5 nitrogen and oxygen atoms in total. The van der Waals surface area contributed by atoms with E-state index in [2.05, 4.69) is 15.3 Å². The van der Waals surface area contributed by atoms with Crippen LogP contribution in [0, 0.1) is 0 Å². The first-order valence-corrected chi connectivity index (χ1v) is 4.74. The van der Waals surface area contributed by atoms with Crippen molar-refractivity contribution in [3.63, 3.8) is 0 Å². The molecule has 0 atom stereocenters. The standard InChI is InChI=1S/C9H13N3O2/c13-9(8-10-3-4-11-8)12-7-1-5-14-6-2-7/h3-4,7H,1-2,5-6H2,(H,10,11)(H,12,13). The number of amides is 1. The zero-order valence-electron chi connectivity index (χ0n) is 7.82. The van der Waals surface area contributed by atoms with Crippen LogP contribution < -0.4 is 5.32 Å². The Balaban J connectivity index is 1.87. The lowest BCUT2D eigenvalue weighted by molar-refractivity contribution is 0.0692. The van der Waals surface area contributed by atoms with Crippen LogP contribution in [0.5, 0.6) is 0 Å². The average molecular weight is 195 g/mol. The second kappa shape index (κ2) is 4.23. The third kappa shape index (κ3) is 2.11. The third-order valence-electron chi connectivity index (χ3n) is 2.27. The Labute approximate surface area is 81.9 Å². The molecule has 0 spiro atoms. The minimum Gasteiger partial charge on any atom is -0.381 e. The number of nitrogens with zero attached hydrogens (tertiary/aromatic N) is 1. The molecule has 0 aliphatic carbocycles. The lowest BCUT2D eigenvalue weighted by Gasteiger charge is -2.22. The number of ether oxygens (including phenoxy) is 1. The fourth-order valence-electron chi connectivity index (χ4n) is 1.49. The highest BCUT2D eigenvalue weighted by molar-refractivity contribution is 5.90. The number of aromatic nitrogens is 2. The molecule has 0 aromatic carbocycles. The summed E-state index contributed by atoms with van der Waals surface area (Å²) in [4.78, 5) is 18.2. The Morgan fingerprint density at radius 3 is 3.00 bits per heavy atom. The predicted octanol–water partition coefficient (Wildman–Crippen LogP) is 0.318. The normalized spacial score (nSPS) is 18.0. The van der Waals surface area contributed by atoms with Gasteiger partial charge >= 0.3 is 0 Å². The molecule has 1 aliphatic heterocycles. The van der Waals surface area contributed by atoms with Crippen LogP contribution in [-0.2, 0) is 4.74 Å². The maximum absolute atomic E-state index is 11.5. The molecule has 14 heavy (non-hydrogen) atoms. The highest BCUT2D eigenvalue weighted by Gasteiger charge is 2.17. The van der Waals surface area contributed by atoms with Crippen molar-refractivity contribution >= 4 is 5.91 Å². The van der Waals surface area contributed by atoms with Crippen molar-refractivity contribution in [2.24, 2.45) is 0 Å². The van der Waals surface area contributed by atoms with Gasteiger partial charge in [-0.05, 0) is 12.8 Å². The first kappa shape index (κ1) is 9.21. The summed E-state index contributed by atoms with van der Waals surface area (Å²) in [5, 5.41) is 2.91. The van der Waals surface area contributed by atoms with Crippen molar-refractivity contribution in [1.29, 1.82) is 0 Å². The molecule has 1 fully saturated rings. The van der Waals surface area contributed by atoms with E-state index >= 15 is 0 Å². The molecule has 1 aromatic heterocycles. The van der Waals surface area contributed by atoms with Crippen LogP contribution in [0.1, 0.15) is 23.5 Å². The average Bonchev–Trinajstić information content (AvgIpc) is 2.72. The number of carbonyl (C=O) groups is 1. The Morgan fingerprint density at radius 1 is 1.57 bits per heavy atom.